The number of aromatic nitrogens is 2. The van der Waals surface area contributed by atoms with Gasteiger partial charge >= 0.3 is 0 Å². The molecule has 0 saturated heterocycles. The van der Waals surface area contributed by atoms with Crippen molar-refractivity contribution in [3.05, 3.63) is 10.4 Å². The third-order valence-electron chi connectivity index (χ3n) is 1.11. The molecule has 0 saturated carbocycles. The molecule has 1 heterocycles. The van der Waals surface area contributed by atoms with E-state index in [1.54, 1.807) is 0 Å². The molecule has 5 N–H and O–H groups in total. The third-order valence-corrected chi connectivity index (χ3v) is 1.19. The first kappa shape index (κ1) is 10.1. The molecular formula is C5H5N5O3S. The molecule has 0 aliphatic rings. The zero-order valence-electron chi connectivity index (χ0n) is 6.63. The van der Waals surface area contributed by atoms with Crippen molar-refractivity contribution in [3.8, 4) is 11.6 Å². The number of nitrogens with zero attached hydrogens (tertiary/aromatic N) is 3. The Kier molecular flexibility index (Phi) is 2.72. The lowest BCUT2D eigenvalue weighted by Crippen LogP contribution is -2.06. The highest BCUT2D eigenvalue weighted by molar-refractivity contribution is 7.80. The fourth-order valence-corrected chi connectivity index (χ4v) is 0.628. The van der Waals surface area contributed by atoms with Gasteiger partial charge in [0.25, 0.3) is 17.4 Å². The third kappa shape index (κ3) is 2.23. The van der Waals surface area contributed by atoms with Crippen molar-refractivity contribution in [1.29, 1.82) is 0 Å². The molecular weight excluding hydrogens is 210 g/mol. The monoisotopic (exact) mass is 215 g/mol. The Balaban J connectivity index is 3.14. The number of aromatic amines is 1. The standard InChI is InChI=1S/C5H5N5O3S/c6-4(14)9-10-5-7-2(12)1(11)3(13)8-5/h11H,(H2,6,14)(H2,7,8,12,13)/b10-9+. The molecule has 1 aromatic heterocycles. The van der Waals surface area contributed by atoms with E-state index in [9.17, 15) is 4.79 Å². The molecule has 0 amide bonds. The maximum Gasteiger partial charge on any atom is 0.298 e. The molecule has 0 bridgehead atoms. The molecule has 0 atom stereocenters. The number of hydrogen-bond acceptors (Lipinski definition) is 6. The summed E-state index contributed by atoms with van der Waals surface area (Å²) >= 11 is 4.37. The zero-order valence-corrected chi connectivity index (χ0v) is 7.45. The lowest BCUT2D eigenvalue weighted by molar-refractivity contribution is 0.382. The first-order valence-corrected chi connectivity index (χ1v) is 3.65. The van der Waals surface area contributed by atoms with Crippen molar-refractivity contribution in [2.75, 3.05) is 0 Å². The van der Waals surface area contributed by atoms with Gasteiger partial charge in [-0.1, -0.05) is 0 Å². The SMILES string of the molecule is NC(=S)/N=N/c1nc(O)c(O)c(=O)[nH]1. The Hall–Kier alpha value is -2.03. The number of nitrogens with one attached hydrogen (secondary N) is 1. The predicted octanol–water partition coefficient (Wildman–Crippen LogP) is -0.492. The van der Waals surface area contributed by atoms with E-state index in [4.69, 9.17) is 15.9 Å². The van der Waals surface area contributed by atoms with Crippen molar-refractivity contribution >= 4 is 23.3 Å². The average molecular weight is 215 g/mol. The molecule has 0 spiro atoms. The number of hydrogen-bond donors (Lipinski definition) is 4. The molecule has 0 aliphatic heterocycles. The Morgan fingerprint density at radius 1 is 1.57 bits per heavy atom. The van der Waals surface area contributed by atoms with Crippen LogP contribution in [-0.4, -0.2) is 25.3 Å². The summed E-state index contributed by atoms with van der Waals surface area (Å²) in [5, 5.41) is 24.0. The van der Waals surface area contributed by atoms with Crippen molar-refractivity contribution in [2.24, 2.45) is 16.0 Å². The van der Waals surface area contributed by atoms with Crippen LogP contribution in [0.4, 0.5) is 5.95 Å². The molecule has 0 radical (unpaired) electrons. The van der Waals surface area contributed by atoms with Gasteiger partial charge < -0.3 is 15.9 Å². The minimum absolute atomic E-state index is 0.250. The molecule has 8 nitrogen and oxygen atoms in total. The van der Waals surface area contributed by atoms with Gasteiger partial charge in [-0.25, -0.2) is 0 Å². The van der Waals surface area contributed by atoms with Crippen LogP contribution in [0.15, 0.2) is 15.0 Å². The quantitative estimate of drug-likeness (QED) is 0.368. The first-order valence-electron chi connectivity index (χ1n) is 3.24. The second kappa shape index (κ2) is 3.79. The molecule has 14 heavy (non-hydrogen) atoms. The fourth-order valence-electron chi connectivity index (χ4n) is 0.588. The van der Waals surface area contributed by atoms with Crippen LogP contribution in [0.25, 0.3) is 0 Å². The minimum atomic E-state index is -0.936. The van der Waals surface area contributed by atoms with E-state index >= 15 is 0 Å². The van der Waals surface area contributed by atoms with Gasteiger partial charge in [0.1, 0.15) is 0 Å². The highest BCUT2D eigenvalue weighted by Gasteiger charge is 2.07. The van der Waals surface area contributed by atoms with E-state index in [0.29, 0.717) is 0 Å². The molecule has 74 valence electrons. The van der Waals surface area contributed by atoms with Crippen LogP contribution in [0.2, 0.25) is 0 Å². The van der Waals surface area contributed by atoms with E-state index in [1.807, 2.05) is 4.98 Å². The Morgan fingerprint density at radius 2 is 2.21 bits per heavy atom. The average Bonchev–Trinajstić information content (AvgIpc) is 2.10. The molecule has 0 aromatic carbocycles. The number of aromatic hydroxyl groups is 2. The van der Waals surface area contributed by atoms with Gasteiger partial charge in [0, 0.05) is 0 Å². The van der Waals surface area contributed by atoms with Gasteiger partial charge in [-0.2, -0.15) is 4.98 Å². The summed E-state index contributed by atoms with van der Waals surface area (Å²) in [5.41, 5.74) is 4.05. The summed E-state index contributed by atoms with van der Waals surface area (Å²) in [7, 11) is 0. The van der Waals surface area contributed by atoms with Gasteiger partial charge in [-0.15, -0.1) is 10.2 Å². The summed E-state index contributed by atoms with van der Waals surface area (Å²) < 4.78 is 0. The fraction of sp³-hybridized carbons (Fsp3) is 0. The number of rotatable bonds is 1. The minimum Gasteiger partial charge on any atom is -0.499 e. The lowest BCUT2D eigenvalue weighted by atomic mass is 10.5. The largest absolute Gasteiger partial charge is 0.499 e. The summed E-state index contributed by atoms with van der Waals surface area (Å²) in [6.07, 6.45) is 0. The molecule has 0 unspecified atom stereocenters. The summed E-state index contributed by atoms with van der Waals surface area (Å²) in [5.74, 6) is -2.04. The number of nitrogens with two attached hydrogens (primary N) is 1. The van der Waals surface area contributed by atoms with Gasteiger partial charge in [0.05, 0.1) is 0 Å². The highest BCUT2D eigenvalue weighted by Crippen LogP contribution is 2.17. The van der Waals surface area contributed by atoms with E-state index in [2.05, 4.69) is 27.4 Å². The van der Waals surface area contributed by atoms with Crippen molar-refractivity contribution in [2.45, 2.75) is 0 Å². The van der Waals surface area contributed by atoms with Gasteiger partial charge in [-0.05, 0) is 12.2 Å². The molecule has 9 heteroatoms. The molecule has 1 rings (SSSR count). The Morgan fingerprint density at radius 3 is 2.71 bits per heavy atom. The maximum absolute atomic E-state index is 10.8. The second-order valence-electron chi connectivity index (χ2n) is 2.10. The summed E-state index contributed by atoms with van der Waals surface area (Å²) in [6, 6.07) is 0. The number of azo groups is 1. The molecule has 0 aliphatic carbocycles. The van der Waals surface area contributed by atoms with Crippen molar-refractivity contribution in [1.82, 2.24) is 9.97 Å². The van der Waals surface area contributed by atoms with Crippen molar-refractivity contribution in [3.63, 3.8) is 0 Å². The van der Waals surface area contributed by atoms with E-state index < -0.39 is 17.2 Å². The summed E-state index contributed by atoms with van der Waals surface area (Å²) in [6.45, 7) is 0. The van der Waals surface area contributed by atoms with Crippen LogP contribution in [-0.2, 0) is 0 Å². The smallest absolute Gasteiger partial charge is 0.298 e. The number of thiocarbonyl (C=S) groups is 1. The van der Waals surface area contributed by atoms with Crippen LogP contribution >= 0.6 is 12.2 Å². The highest BCUT2D eigenvalue weighted by atomic mass is 32.1. The van der Waals surface area contributed by atoms with Gasteiger partial charge in [-0.3, -0.25) is 9.78 Å². The Bertz CT molecular complexity index is 453. The topological polar surface area (TPSA) is 137 Å². The zero-order chi connectivity index (χ0) is 10.7. The second-order valence-corrected chi connectivity index (χ2v) is 2.52. The van der Waals surface area contributed by atoms with Crippen LogP contribution < -0.4 is 11.3 Å². The van der Waals surface area contributed by atoms with Crippen LogP contribution in [0.3, 0.4) is 0 Å². The van der Waals surface area contributed by atoms with Gasteiger partial charge in [0.2, 0.25) is 10.9 Å². The predicted molar refractivity (Wildman–Crippen MR) is 49.5 cm³/mol. The van der Waals surface area contributed by atoms with Crippen LogP contribution in [0.5, 0.6) is 11.6 Å². The van der Waals surface area contributed by atoms with Crippen molar-refractivity contribution < 1.29 is 10.2 Å². The first-order chi connectivity index (χ1) is 6.50. The van der Waals surface area contributed by atoms with E-state index in [1.165, 1.54) is 0 Å². The van der Waals surface area contributed by atoms with Crippen LogP contribution in [0, 0.1) is 0 Å². The normalized spacial score (nSPS) is 10.6. The van der Waals surface area contributed by atoms with E-state index in [0.717, 1.165) is 0 Å². The Labute approximate surface area is 82.1 Å². The van der Waals surface area contributed by atoms with E-state index in [-0.39, 0.29) is 11.1 Å². The summed E-state index contributed by atoms with van der Waals surface area (Å²) in [4.78, 5) is 16.1. The lowest BCUT2D eigenvalue weighted by Gasteiger charge is -1.95. The van der Waals surface area contributed by atoms with Crippen LogP contribution in [0.1, 0.15) is 0 Å². The number of H-pyrrole nitrogens is 1. The molecule has 0 fully saturated rings. The maximum atomic E-state index is 10.8. The van der Waals surface area contributed by atoms with Gasteiger partial charge in [0.15, 0.2) is 0 Å². The molecule has 1 aromatic rings.